The smallest absolute Gasteiger partial charge is 0.280 e. The molecule has 4 heteroatoms. The average molecular weight is 256 g/mol. The summed E-state index contributed by atoms with van der Waals surface area (Å²) >= 11 is 0. The number of aliphatic imine (C=N–C) groups is 1. The SMILES string of the molecule is CC.CC1=NC(=O)c2c(-c3ccccc3)[nH]c(O)c21. The molecule has 1 aromatic heterocycles. The molecular weight excluding hydrogens is 240 g/mol. The Labute approximate surface area is 111 Å². The average Bonchev–Trinajstić information content (AvgIpc) is 2.93. The molecule has 0 unspecified atom stereocenters. The maximum atomic E-state index is 11.8. The Balaban J connectivity index is 0.000000637. The molecule has 0 saturated heterocycles. The van der Waals surface area contributed by atoms with Crippen LogP contribution < -0.4 is 0 Å². The van der Waals surface area contributed by atoms with Crippen molar-refractivity contribution in [3.63, 3.8) is 0 Å². The third-order valence-corrected chi connectivity index (χ3v) is 2.89. The molecule has 2 heterocycles. The van der Waals surface area contributed by atoms with Crippen LogP contribution in [0.15, 0.2) is 35.3 Å². The molecule has 1 amide bonds. The number of carbonyl (C=O) groups is 1. The van der Waals surface area contributed by atoms with Crippen LogP contribution in [0.1, 0.15) is 36.7 Å². The van der Waals surface area contributed by atoms with Crippen molar-refractivity contribution in [2.45, 2.75) is 20.8 Å². The molecule has 1 aliphatic rings. The van der Waals surface area contributed by atoms with Gasteiger partial charge in [0.2, 0.25) is 0 Å². The number of carbonyl (C=O) groups excluding carboxylic acids is 1. The van der Waals surface area contributed by atoms with Gasteiger partial charge in [-0.1, -0.05) is 44.2 Å². The van der Waals surface area contributed by atoms with Gasteiger partial charge in [-0.15, -0.1) is 0 Å². The third kappa shape index (κ3) is 2.05. The third-order valence-electron chi connectivity index (χ3n) is 2.89. The van der Waals surface area contributed by atoms with Gasteiger partial charge in [-0.25, -0.2) is 4.99 Å². The highest BCUT2D eigenvalue weighted by Crippen LogP contribution is 2.35. The van der Waals surface area contributed by atoms with E-state index in [2.05, 4.69) is 9.98 Å². The van der Waals surface area contributed by atoms with E-state index in [1.807, 2.05) is 44.2 Å². The molecule has 2 N–H and O–H groups in total. The van der Waals surface area contributed by atoms with E-state index >= 15 is 0 Å². The van der Waals surface area contributed by atoms with Crippen molar-refractivity contribution in [3.05, 3.63) is 41.5 Å². The summed E-state index contributed by atoms with van der Waals surface area (Å²) < 4.78 is 0. The summed E-state index contributed by atoms with van der Waals surface area (Å²) in [4.78, 5) is 18.5. The Kier molecular flexibility index (Phi) is 3.51. The first kappa shape index (κ1) is 13.1. The molecule has 0 saturated carbocycles. The van der Waals surface area contributed by atoms with Crippen LogP contribution in [0.4, 0.5) is 0 Å². The van der Waals surface area contributed by atoms with E-state index in [4.69, 9.17) is 0 Å². The second kappa shape index (κ2) is 5.10. The largest absolute Gasteiger partial charge is 0.494 e. The van der Waals surface area contributed by atoms with Gasteiger partial charge < -0.3 is 10.1 Å². The topological polar surface area (TPSA) is 65.5 Å². The number of benzene rings is 1. The molecule has 98 valence electrons. The Morgan fingerprint density at radius 3 is 2.37 bits per heavy atom. The van der Waals surface area contributed by atoms with Crippen molar-refractivity contribution in [2.75, 3.05) is 0 Å². The summed E-state index contributed by atoms with van der Waals surface area (Å²) in [5, 5.41) is 9.81. The highest BCUT2D eigenvalue weighted by Gasteiger charge is 2.30. The zero-order chi connectivity index (χ0) is 14.0. The van der Waals surface area contributed by atoms with E-state index in [1.54, 1.807) is 6.92 Å². The number of hydrogen-bond acceptors (Lipinski definition) is 2. The van der Waals surface area contributed by atoms with E-state index in [0.29, 0.717) is 22.5 Å². The van der Waals surface area contributed by atoms with Gasteiger partial charge in [0.1, 0.15) is 0 Å². The van der Waals surface area contributed by atoms with Gasteiger partial charge in [0.25, 0.3) is 5.91 Å². The molecule has 1 aromatic carbocycles. The Bertz CT molecular complexity index is 640. The normalized spacial score (nSPS) is 12.6. The zero-order valence-electron chi connectivity index (χ0n) is 11.2. The number of fused-ring (bicyclic) bond motifs is 1. The van der Waals surface area contributed by atoms with Crippen LogP contribution in [-0.4, -0.2) is 21.7 Å². The van der Waals surface area contributed by atoms with E-state index < -0.39 is 0 Å². The highest BCUT2D eigenvalue weighted by molar-refractivity contribution is 6.24. The molecule has 0 fully saturated rings. The molecule has 0 aliphatic carbocycles. The molecular formula is C15H16N2O2. The minimum atomic E-state index is -0.298. The number of aromatic nitrogens is 1. The monoisotopic (exact) mass is 256 g/mol. The molecule has 2 aromatic rings. The van der Waals surface area contributed by atoms with Gasteiger partial charge in [0.15, 0.2) is 5.88 Å². The summed E-state index contributed by atoms with van der Waals surface area (Å²) in [6, 6.07) is 9.43. The van der Waals surface area contributed by atoms with Crippen LogP contribution in [0.5, 0.6) is 5.88 Å². The van der Waals surface area contributed by atoms with E-state index in [0.717, 1.165) is 5.56 Å². The number of nitrogens with one attached hydrogen (secondary N) is 1. The molecule has 0 radical (unpaired) electrons. The zero-order valence-corrected chi connectivity index (χ0v) is 11.2. The number of aromatic hydroxyl groups is 1. The van der Waals surface area contributed by atoms with Gasteiger partial charge in [-0.3, -0.25) is 4.79 Å². The Hall–Kier alpha value is -2.36. The highest BCUT2D eigenvalue weighted by atomic mass is 16.3. The number of amides is 1. The minimum Gasteiger partial charge on any atom is -0.494 e. The van der Waals surface area contributed by atoms with Crippen LogP contribution in [0.3, 0.4) is 0 Å². The van der Waals surface area contributed by atoms with Crippen LogP contribution in [-0.2, 0) is 0 Å². The van der Waals surface area contributed by atoms with E-state index in [9.17, 15) is 9.90 Å². The lowest BCUT2D eigenvalue weighted by Crippen LogP contribution is -1.92. The fraction of sp³-hybridized carbons (Fsp3) is 0.200. The van der Waals surface area contributed by atoms with E-state index in [1.165, 1.54) is 0 Å². The van der Waals surface area contributed by atoms with Gasteiger partial charge >= 0.3 is 0 Å². The lowest BCUT2D eigenvalue weighted by molar-refractivity contribution is 0.101. The summed E-state index contributed by atoms with van der Waals surface area (Å²) in [5.41, 5.74) is 3.03. The van der Waals surface area contributed by atoms with Gasteiger partial charge in [0.05, 0.1) is 22.5 Å². The van der Waals surface area contributed by atoms with Crippen molar-refractivity contribution < 1.29 is 9.90 Å². The molecule has 1 aliphatic heterocycles. The summed E-state index contributed by atoms with van der Waals surface area (Å²) in [6.07, 6.45) is 0. The standard InChI is InChI=1S/C13H10N2O2.C2H6/c1-7-9-10(13(17)14-7)11(15-12(9)16)8-5-3-2-4-6-8;1-2/h2-6,15-16H,1H3;1-2H3. The minimum absolute atomic E-state index is 0.00551. The Morgan fingerprint density at radius 1 is 1.11 bits per heavy atom. The summed E-state index contributed by atoms with van der Waals surface area (Å²) in [7, 11) is 0. The molecule has 3 rings (SSSR count). The van der Waals surface area contributed by atoms with Gasteiger partial charge in [0, 0.05) is 0 Å². The van der Waals surface area contributed by atoms with Crippen molar-refractivity contribution in [3.8, 4) is 17.1 Å². The Morgan fingerprint density at radius 2 is 1.74 bits per heavy atom. The summed E-state index contributed by atoms with van der Waals surface area (Å²) in [6.45, 7) is 5.71. The van der Waals surface area contributed by atoms with Crippen LogP contribution in [0.2, 0.25) is 0 Å². The predicted octanol–water partition coefficient (Wildman–Crippen LogP) is 3.38. The van der Waals surface area contributed by atoms with E-state index in [-0.39, 0.29) is 11.8 Å². The van der Waals surface area contributed by atoms with Crippen molar-refractivity contribution in [2.24, 2.45) is 4.99 Å². The maximum absolute atomic E-state index is 11.8. The first-order valence-corrected chi connectivity index (χ1v) is 6.29. The lowest BCUT2D eigenvalue weighted by atomic mass is 10.0. The fourth-order valence-corrected chi connectivity index (χ4v) is 2.14. The second-order valence-electron chi connectivity index (χ2n) is 3.97. The van der Waals surface area contributed by atoms with Gasteiger partial charge in [-0.2, -0.15) is 0 Å². The molecule has 4 nitrogen and oxygen atoms in total. The van der Waals surface area contributed by atoms with Crippen LogP contribution in [0.25, 0.3) is 11.3 Å². The maximum Gasteiger partial charge on any atom is 0.280 e. The summed E-state index contributed by atoms with van der Waals surface area (Å²) in [5.74, 6) is -0.293. The second-order valence-corrected chi connectivity index (χ2v) is 3.97. The fourth-order valence-electron chi connectivity index (χ4n) is 2.14. The lowest BCUT2D eigenvalue weighted by Gasteiger charge is -1.99. The first-order chi connectivity index (χ1) is 9.18. The predicted molar refractivity (Wildman–Crippen MR) is 75.8 cm³/mol. The number of rotatable bonds is 1. The molecule has 0 atom stereocenters. The van der Waals surface area contributed by atoms with Crippen molar-refractivity contribution in [1.82, 2.24) is 4.98 Å². The number of hydrogen-bond donors (Lipinski definition) is 2. The number of aromatic amines is 1. The quantitative estimate of drug-likeness (QED) is 0.821. The molecule has 0 spiro atoms. The number of H-pyrrole nitrogens is 1. The van der Waals surface area contributed by atoms with Crippen molar-refractivity contribution >= 4 is 11.6 Å². The van der Waals surface area contributed by atoms with Crippen molar-refractivity contribution in [1.29, 1.82) is 0 Å². The number of nitrogens with zero attached hydrogens (tertiary/aromatic N) is 1. The van der Waals surface area contributed by atoms with Crippen LogP contribution in [0, 0.1) is 0 Å². The first-order valence-electron chi connectivity index (χ1n) is 6.29. The molecule has 0 bridgehead atoms. The van der Waals surface area contributed by atoms with Crippen LogP contribution >= 0.6 is 0 Å². The van der Waals surface area contributed by atoms with Gasteiger partial charge in [-0.05, 0) is 12.5 Å². The molecule has 19 heavy (non-hydrogen) atoms.